The summed E-state index contributed by atoms with van der Waals surface area (Å²) in [5.74, 6) is -0.140. The van der Waals surface area contributed by atoms with Gasteiger partial charge in [-0.15, -0.1) is 0 Å². The van der Waals surface area contributed by atoms with Crippen molar-refractivity contribution in [3.05, 3.63) is 71.3 Å². The minimum Gasteiger partial charge on any atom is -0.359 e. The largest absolute Gasteiger partial charge is 0.359 e. The van der Waals surface area contributed by atoms with E-state index in [0.717, 1.165) is 55.0 Å². The van der Waals surface area contributed by atoms with Gasteiger partial charge < -0.3 is 9.47 Å². The van der Waals surface area contributed by atoms with E-state index in [1.165, 1.54) is 5.56 Å². The number of carbonyl (C=O) groups excluding carboxylic acids is 2. The third-order valence-corrected chi connectivity index (χ3v) is 5.99. The molecule has 1 saturated heterocycles. The molecule has 1 heterocycles. The molecule has 29 heavy (non-hydrogen) atoms. The number of imide groups is 1. The number of hydrogen-bond donors (Lipinski definition) is 1. The van der Waals surface area contributed by atoms with Crippen LogP contribution in [0.4, 0.5) is 4.79 Å². The lowest BCUT2D eigenvalue weighted by Crippen LogP contribution is -2.24. The zero-order valence-corrected chi connectivity index (χ0v) is 17.5. The molecule has 2 unspecified atom stereocenters. The summed E-state index contributed by atoms with van der Waals surface area (Å²) in [6, 6.07) is 18.7. The first-order valence-electron chi connectivity index (χ1n) is 9.93. The Bertz CT molecular complexity index is 794. The second-order valence-electron chi connectivity index (χ2n) is 7.09. The molecule has 1 N–H and O–H groups in total. The van der Waals surface area contributed by atoms with E-state index in [9.17, 15) is 9.59 Å². The Morgan fingerprint density at radius 3 is 2.34 bits per heavy atom. The van der Waals surface area contributed by atoms with E-state index >= 15 is 0 Å². The highest BCUT2D eigenvalue weighted by molar-refractivity contribution is 8.15. The number of hydrogen-bond acceptors (Lipinski definition) is 5. The van der Waals surface area contributed by atoms with Gasteiger partial charge >= 0.3 is 0 Å². The summed E-state index contributed by atoms with van der Waals surface area (Å²) in [6.45, 7) is 0.240. The molecule has 0 bridgehead atoms. The van der Waals surface area contributed by atoms with E-state index in [1.54, 1.807) is 7.11 Å². The van der Waals surface area contributed by atoms with E-state index < -0.39 is 0 Å². The molecule has 1 aliphatic heterocycles. The van der Waals surface area contributed by atoms with Crippen LogP contribution in [0.2, 0.25) is 0 Å². The molecular weight excluding hydrogens is 386 g/mol. The number of nitrogens with one attached hydrogen (secondary N) is 1. The number of unbranched alkanes of at least 4 members (excludes halogenated alkanes) is 2. The van der Waals surface area contributed by atoms with Gasteiger partial charge in [-0.05, 0) is 36.0 Å². The Kier molecular flexibility index (Phi) is 8.28. The Hall–Kier alpha value is -2.15. The van der Waals surface area contributed by atoms with Crippen molar-refractivity contribution in [1.29, 1.82) is 0 Å². The second kappa shape index (κ2) is 11.1. The van der Waals surface area contributed by atoms with Gasteiger partial charge in [-0.25, -0.2) is 0 Å². The predicted molar refractivity (Wildman–Crippen MR) is 115 cm³/mol. The molecule has 2 aromatic rings. The highest BCUT2D eigenvalue weighted by atomic mass is 32.2. The lowest BCUT2D eigenvalue weighted by Gasteiger charge is -2.18. The first-order chi connectivity index (χ1) is 14.2. The maximum absolute atomic E-state index is 11.6. The van der Waals surface area contributed by atoms with E-state index in [2.05, 4.69) is 41.7 Å². The van der Waals surface area contributed by atoms with Gasteiger partial charge in [-0.2, -0.15) is 0 Å². The van der Waals surface area contributed by atoms with Crippen molar-refractivity contribution in [1.82, 2.24) is 5.32 Å². The van der Waals surface area contributed by atoms with E-state index in [1.807, 2.05) is 18.2 Å². The van der Waals surface area contributed by atoms with Crippen molar-refractivity contribution in [2.75, 3.05) is 13.9 Å². The number of ether oxygens (including phenoxy) is 2. The molecule has 2 atom stereocenters. The average molecular weight is 414 g/mol. The first-order valence-corrected chi connectivity index (χ1v) is 10.8. The Labute approximate surface area is 176 Å². The fourth-order valence-corrected chi connectivity index (χ4v) is 4.30. The molecule has 3 rings (SSSR count). The maximum atomic E-state index is 11.6. The molecule has 6 heteroatoms. The van der Waals surface area contributed by atoms with Crippen molar-refractivity contribution in [2.45, 2.75) is 43.5 Å². The summed E-state index contributed by atoms with van der Waals surface area (Å²) in [5.41, 5.74) is 3.49. The lowest BCUT2D eigenvalue weighted by atomic mass is 9.98. The molecule has 5 nitrogen and oxygen atoms in total. The van der Waals surface area contributed by atoms with Crippen LogP contribution < -0.4 is 5.32 Å². The number of thioether (sulfide) groups is 1. The van der Waals surface area contributed by atoms with E-state index in [0.29, 0.717) is 0 Å². The van der Waals surface area contributed by atoms with Crippen LogP contribution in [0.25, 0.3) is 0 Å². The van der Waals surface area contributed by atoms with Gasteiger partial charge in [0.25, 0.3) is 5.24 Å². The minimum atomic E-state index is -0.219. The summed E-state index contributed by atoms with van der Waals surface area (Å²) in [7, 11) is 1.63. The molecule has 0 aliphatic carbocycles. The number of amides is 2. The summed E-state index contributed by atoms with van der Waals surface area (Å²) in [5, 5.41) is 1.92. The number of methoxy groups -OCH3 is 1. The molecule has 0 spiro atoms. The minimum absolute atomic E-state index is 0.140. The van der Waals surface area contributed by atoms with Gasteiger partial charge in [0.05, 0.1) is 5.25 Å². The lowest BCUT2D eigenvalue weighted by molar-refractivity contribution is -0.119. The van der Waals surface area contributed by atoms with Crippen LogP contribution in [-0.4, -0.2) is 30.3 Å². The van der Waals surface area contributed by atoms with Gasteiger partial charge in [0.15, 0.2) is 0 Å². The van der Waals surface area contributed by atoms with Crippen LogP contribution in [0, 0.1) is 0 Å². The first kappa shape index (κ1) is 21.6. The highest BCUT2D eigenvalue weighted by Gasteiger charge is 2.30. The molecule has 0 saturated carbocycles. The smallest absolute Gasteiger partial charge is 0.286 e. The number of benzene rings is 2. The molecule has 0 radical (unpaired) electrons. The van der Waals surface area contributed by atoms with Crippen LogP contribution in [0.3, 0.4) is 0 Å². The topological polar surface area (TPSA) is 64.6 Å². The van der Waals surface area contributed by atoms with E-state index in [4.69, 9.17) is 9.47 Å². The van der Waals surface area contributed by atoms with Crippen molar-refractivity contribution in [2.24, 2.45) is 0 Å². The van der Waals surface area contributed by atoms with Gasteiger partial charge in [-0.1, -0.05) is 79.2 Å². The predicted octanol–water partition coefficient (Wildman–Crippen LogP) is 4.85. The van der Waals surface area contributed by atoms with Gasteiger partial charge in [-0.3, -0.25) is 14.9 Å². The summed E-state index contributed by atoms with van der Waals surface area (Å²) in [4.78, 5) is 22.7. The normalized spacial score (nSPS) is 17.3. The van der Waals surface area contributed by atoms with Crippen LogP contribution in [0.5, 0.6) is 0 Å². The maximum Gasteiger partial charge on any atom is 0.286 e. The average Bonchev–Trinajstić information content (AvgIpc) is 3.07. The molecule has 2 aromatic carbocycles. The third-order valence-electron chi connectivity index (χ3n) is 4.94. The van der Waals surface area contributed by atoms with Gasteiger partial charge in [0.1, 0.15) is 12.9 Å². The zero-order valence-electron chi connectivity index (χ0n) is 16.6. The molecular formula is C23H27NO4S. The summed E-state index contributed by atoms with van der Waals surface area (Å²) >= 11 is 1.12. The zero-order chi connectivity index (χ0) is 20.5. The Morgan fingerprint density at radius 2 is 1.69 bits per heavy atom. The molecule has 1 aliphatic rings. The van der Waals surface area contributed by atoms with Gasteiger partial charge in [0, 0.05) is 7.11 Å². The quantitative estimate of drug-likeness (QED) is 0.421. The molecule has 154 valence electrons. The summed E-state index contributed by atoms with van der Waals surface area (Å²) < 4.78 is 11.0. The molecule has 1 fully saturated rings. The van der Waals surface area contributed by atoms with Crippen LogP contribution in [-0.2, 0) is 20.7 Å². The number of aryl methyl sites for hydroxylation is 1. The Morgan fingerprint density at radius 1 is 0.966 bits per heavy atom. The third kappa shape index (κ3) is 6.42. The number of carbonyl (C=O) groups is 2. The SMILES string of the molecule is COCOC(c1ccccc1)c1ccc(CCCCCC2SC(=O)NC2=O)cc1. The monoisotopic (exact) mass is 413 g/mol. The van der Waals surface area contributed by atoms with Crippen LogP contribution in [0.1, 0.15) is 48.5 Å². The van der Waals surface area contributed by atoms with Crippen LogP contribution in [0.15, 0.2) is 54.6 Å². The fourth-order valence-electron chi connectivity index (χ4n) is 3.43. The number of rotatable bonds is 11. The van der Waals surface area contributed by atoms with Crippen molar-refractivity contribution >= 4 is 22.9 Å². The molecule has 2 amide bonds. The second-order valence-corrected chi connectivity index (χ2v) is 8.26. The van der Waals surface area contributed by atoms with Crippen molar-refractivity contribution < 1.29 is 19.1 Å². The highest BCUT2D eigenvalue weighted by Crippen LogP contribution is 2.27. The fraction of sp³-hybridized carbons (Fsp3) is 0.391. The van der Waals surface area contributed by atoms with Gasteiger partial charge in [0.2, 0.25) is 5.91 Å². The standard InChI is InChI=1S/C23H27NO4S/c1-27-16-28-21(18-9-5-3-6-10-18)19-14-12-17(13-15-19)8-4-2-7-11-20-22(25)24-23(26)29-20/h3,5-6,9-10,12-15,20-21H,2,4,7-8,11,16H2,1H3,(H,24,25,26). The van der Waals surface area contributed by atoms with Crippen molar-refractivity contribution in [3.63, 3.8) is 0 Å². The molecule has 0 aromatic heterocycles. The summed E-state index contributed by atoms with van der Waals surface area (Å²) in [6.07, 6.45) is 4.67. The van der Waals surface area contributed by atoms with E-state index in [-0.39, 0.29) is 29.3 Å². The van der Waals surface area contributed by atoms with Crippen molar-refractivity contribution in [3.8, 4) is 0 Å². The Balaban J connectivity index is 1.47. The van der Waals surface area contributed by atoms with Crippen LogP contribution >= 0.6 is 11.8 Å².